The van der Waals surface area contributed by atoms with E-state index in [0.717, 1.165) is 0 Å². The number of benzene rings is 2. The summed E-state index contributed by atoms with van der Waals surface area (Å²) >= 11 is 0. The summed E-state index contributed by atoms with van der Waals surface area (Å²) in [6, 6.07) is 12.0. The highest BCUT2D eigenvalue weighted by Gasteiger charge is 2.60. The number of hydrogen-bond acceptors (Lipinski definition) is 6. The van der Waals surface area contributed by atoms with Gasteiger partial charge in [-0.1, -0.05) is 30.3 Å². The minimum atomic E-state index is -4.94. The molecule has 0 saturated carbocycles. The molecule has 2 aromatic heterocycles. The molecule has 222 valence electrons. The summed E-state index contributed by atoms with van der Waals surface area (Å²) in [5.41, 5.74) is -2.43. The molecule has 0 unspecified atom stereocenters. The van der Waals surface area contributed by atoms with Gasteiger partial charge in [0.05, 0.1) is 23.4 Å². The number of H-pyrrole nitrogens is 1. The number of rotatable bonds is 9. The summed E-state index contributed by atoms with van der Waals surface area (Å²) in [7, 11) is 1.65. The first kappa shape index (κ1) is 29.1. The van der Waals surface area contributed by atoms with E-state index < -0.39 is 36.6 Å². The van der Waals surface area contributed by atoms with Gasteiger partial charge in [-0.15, -0.1) is 10.2 Å². The topological polar surface area (TPSA) is 111 Å². The van der Waals surface area contributed by atoms with E-state index >= 15 is 13.2 Å². The van der Waals surface area contributed by atoms with Gasteiger partial charge < -0.3 is 10.1 Å². The maximum absolute atomic E-state index is 15.0. The Hall–Kier alpha value is -4.43. The summed E-state index contributed by atoms with van der Waals surface area (Å²) in [6.07, 6.45) is -10.1. The van der Waals surface area contributed by atoms with Crippen LogP contribution >= 0.6 is 0 Å². The first-order chi connectivity index (χ1) is 19.9. The molecule has 1 aliphatic rings. The van der Waals surface area contributed by atoms with Crippen LogP contribution in [0.2, 0.25) is 0 Å². The Balaban J connectivity index is 1.48. The number of amides is 1. The molecular weight excluding hydrogens is 568 g/mol. The molecule has 0 spiro atoms. The van der Waals surface area contributed by atoms with Gasteiger partial charge in [0, 0.05) is 30.8 Å². The molecule has 15 heteroatoms. The predicted octanol–water partition coefficient (Wildman–Crippen LogP) is 5.48. The van der Waals surface area contributed by atoms with Crippen molar-refractivity contribution < 1.29 is 35.9 Å². The molecule has 0 aliphatic carbocycles. The second-order valence-electron chi connectivity index (χ2n) is 9.91. The fourth-order valence-corrected chi connectivity index (χ4v) is 5.07. The average molecular weight is 594 g/mol. The van der Waals surface area contributed by atoms with Crippen LogP contribution in [0.1, 0.15) is 49.2 Å². The predicted molar refractivity (Wildman–Crippen MR) is 139 cm³/mol. The van der Waals surface area contributed by atoms with Gasteiger partial charge in [0.15, 0.2) is 5.54 Å². The number of tetrazole rings is 1. The summed E-state index contributed by atoms with van der Waals surface area (Å²) in [5.74, 6) is -0.983. The quantitative estimate of drug-likeness (QED) is 0.197. The molecule has 0 radical (unpaired) electrons. The zero-order valence-corrected chi connectivity index (χ0v) is 22.2. The van der Waals surface area contributed by atoms with Crippen molar-refractivity contribution in [3.63, 3.8) is 0 Å². The molecule has 1 aliphatic heterocycles. The Morgan fingerprint density at radius 2 is 1.74 bits per heavy atom. The van der Waals surface area contributed by atoms with E-state index in [9.17, 15) is 18.0 Å². The van der Waals surface area contributed by atoms with Crippen molar-refractivity contribution >= 4 is 28.0 Å². The molecule has 1 amide bonds. The van der Waals surface area contributed by atoms with Crippen molar-refractivity contribution in [2.45, 2.75) is 50.0 Å². The third kappa shape index (κ3) is 5.67. The lowest BCUT2D eigenvalue weighted by Crippen LogP contribution is -2.58. The van der Waals surface area contributed by atoms with Crippen molar-refractivity contribution in [1.82, 2.24) is 35.7 Å². The monoisotopic (exact) mass is 593 g/mol. The molecule has 1 atom stereocenters. The Labute approximate surface area is 234 Å². The number of fused-ring (bicyclic) bond motifs is 1. The summed E-state index contributed by atoms with van der Waals surface area (Å²) < 4.78 is 89.0. The maximum Gasteiger partial charge on any atom is 0.416 e. The SMILES string of the molecule is Cn1nc(C2=C(c3nn[nH]n3)C(=O)N[C@@](c3ccc(OCCCCCC(F)(F)F)cc3)(C(F)(F)F)C2)c2ccccc21. The zero-order chi connectivity index (χ0) is 30.1. The van der Waals surface area contributed by atoms with Crippen LogP contribution in [0.3, 0.4) is 0 Å². The number of nitrogens with zero attached hydrogens (tertiary/aromatic N) is 5. The van der Waals surface area contributed by atoms with Crippen LogP contribution in [-0.2, 0) is 17.4 Å². The minimum absolute atomic E-state index is 0.00606. The molecule has 4 aromatic rings. The molecule has 2 N–H and O–H groups in total. The molecule has 42 heavy (non-hydrogen) atoms. The lowest BCUT2D eigenvalue weighted by Gasteiger charge is -2.41. The second-order valence-corrected chi connectivity index (χ2v) is 9.91. The van der Waals surface area contributed by atoms with Crippen LogP contribution < -0.4 is 10.1 Å². The molecule has 0 bridgehead atoms. The number of aryl methyl sites for hydroxylation is 1. The first-order valence-corrected chi connectivity index (χ1v) is 13.0. The molecule has 3 heterocycles. The fraction of sp³-hybridized carbons (Fsp3) is 0.370. The lowest BCUT2D eigenvalue weighted by molar-refractivity contribution is -0.201. The number of carbonyl (C=O) groups excluding carboxylic acids is 1. The number of hydrogen-bond donors (Lipinski definition) is 2. The van der Waals surface area contributed by atoms with Gasteiger partial charge in [-0.25, -0.2) is 0 Å². The summed E-state index contributed by atoms with van der Waals surface area (Å²) in [4.78, 5) is 13.5. The van der Waals surface area contributed by atoms with Gasteiger partial charge in [-0.3, -0.25) is 9.48 Å². The number of para-hydroxylation sites is 1. The van der Waals surface area contributed by atoms with Crippen molar-refractivity contribution in [2.75, 3.05) is 6.61 Å². The first-order valence-electron chi connectivity index (χ1n) is 13.0. The fourth-order valence-electron chi connectivity index (χ4n) is 5.07. The van der Waals surface area contributed by atoms with Crippen LogP contribution in [0.15, 0.2) is 48.5 Å². The number of carbonyl (C=O) groups is 1. The lowest BCUT2D eigenvalue weighted by atomic mass is 9.77. The normalized spacial score (nSPS) is 18.0. The van der Waals surface area contributed by atoms with E-state index in [0.29, 0.717) is 23.7 Å². The number of nitrogens with one attached hydrogen (secondary N) is 2. The Bertz CT molecular complexity index is 1590. The van der Waals surface area contributed by atoms with Crippen molar-refractivity contribution in [1.29, 1.82) is 0 Å². The number of ether oxygens (including phenoxy) is 1. The van der Waals surface area contributed by atoms with E-state index in [1.807, 2.05) is 0 Å². The highest BCUT2D eigenvalue weighted by atomic mass is 19.4. The van der Waals surface area contributed by atoms with Crippen LogP contribution in [0.25, 0.3) is 22.0 Å². The molecule has 0 fully saturated rings. The Morgan fingerprint density at radius 3 is 2.40 bits per heavy atom. The van der Waals surface area contributed by atoms with E-state index in [2.05, 4.69) is 31.0 Å². The van der Waals surface area contributed by atoms with Crippen molar-refractivity contribution in [3.8, 4) is 5.75 Å². The van der Waals surface area contributed by atoms with Crippen molar-refractivity contribution in [2.24, 2.45) is 7.05 Å². The molecule has 5 rings (SSSR count). The largest absolute Gasteiger partial charge is 0.494 e. The molecule has 2 aromatic carbocycles. The van der Waals surface area contributed by atoms with Gasteiger partial charge in [-0.2, -0.15) is 36.7 Å². The Morgan fingerprint density at radius 1 is 1.00 bits per heavy atom. The van der Waals surface area contributed by atoms with Crippen LogP contribution in [0.4, 0.5) is 26.3 Å². The Kier molecular flexibility index (Phi) is 7.68. The zero-order valence-electron chi connectivity index (χ0n) is 22.2. The van der Waals surface area contributed by atoms with Gasteiger partial charge >= 0.3 is 12.4 Å². The standard InChI is InChI=1S/C27H25F6N7O2/c1-40-20-8-4-3-7-18(20)22(37-40)19-15-25(27(31,32)33,34-24(41)21(19)23-35-38-39-36-23)16-9-11-17(12-10-16)42-14-6-2-5-13-26(28,29)30/h3-4,7-12H,2,5-6,13-15H2,1H3,(H,34,41)(H,35,36,38,39)/t25-/m0/s1. The molecule has 0 saturated heterocycles. The number of aromatic nitrogens is 6. The highest BCUT2D eigenvalue weighted by molar-refractivity contribution is 6.28. The number of aromatic amines is 1. The molecule has 9 nitrogen and oxygen atoms in total. The van der Waals surface area contributed by atoms with E-state index in [1.165, 1.54) is 28.9 Å². The van der Waals surface area contributed by atoms with Gasteiger partial charge in [0.1, 0.15) is 5.75 Å². The molecular formula is C27H25F6N7O2. The highest BCUT2D eigenvalue weighted by Crippen LogP contribution is 2.50. The third-order valence-corrected chi connectivity index (χ3v) is 7.11. The summed E-state index contributed by atoms with van der Waals surface area (Å²) in [6.45, 7) is 0.103. The smallest absolute Gasteiger partial charge is 0.416 e. The van der Waals surface area contributed by atoms with Gasteiger partial charge in [0.2, 0.25) is 5.82 Å². The van der Waals surface area contributed by atoms with Crippen molar-refractivity contribution in [3.05, 3.63) is 65.6 Å². The van der Waals surface area contributed by atoms with Crippen LogP contribution in [0, 0.1) is 0 Å². The van der Waals surface area contributed by atoms with Crippen LogP contribution in [0.5, 0.6) is 5.75 Å². The number of unbranched alkanes of at least 4 members (excludes halogenated alkanes) is 2. The van der Waals surface area contributed by atoms with Crippen LogP contribution in [-0.4, -0.2) is 55.3 Å². The average Bonchev–Trinajstić information content (AvgIpc) is 3.58. The van der Waals surface area contributed by atoms with E-state index in [1.54, 1.807) is 31.3 Å². The van der Waals surface area contributed by atoms with Gasteiger partial charge in [0.25, 0.3) is 5.91 Å². The second kappa shape index (κ2) is 11.1. The number of halogens is 6. The minimum Gasteiger partial charge on any atom is -0.494 e. The van der Waals surface area contributed by atoms with Gasteiger partial charge in [-0.05, 0) is 48.2 Å². The van der Waals surface area contributed by atoms with E-state index in [4.69, 9.17) is 4.74 Å². The maximum atomic E-state index is 15.0. The number of alkyl halides is 6. The summed E-state index contributed by atoms with van der Waals surface area (Å²) in [5, 5.41) is 20.6. The van der Waals surface area contributed by atoms with E-state index in [-0.39, 0.29) is 47.0 Å². The third-order valence-electron chi connectivity index (χ3n) is 7.11.